The van der Waals surface area contributed by atoms with E-state index in [4.69, 9.17) is 0 Å². The average Bonchev–Trinajstić information content (AvgIpc) is 3.31. The summed E-state index contributed by atoms with van der Waals surface area (Å²) in [5.41, 5.74) is 2.80. The average molecular weight is 364 g/mol. The molecule has 4 heterocycles. The lowest BCUT2D eigenvalue weighted by Crippen LogP contribution is -2.31. The summed E-state index contributed by atoms with van der Waals surface area (Å²) in [6, 6.07) is 7.85. The zero-order valence-electron chi connectivity index (χ0n) is 13.8. The number of aromatic amines is 2. The highest BCUT2D eigenvalue weighted by atomic mass is 32.1. The second-order valence-electron chi connectivity index (χ2n) is 6.65. The van der Waals surface area contributed by atoms with Crippen LogP contribution >= 0.6 is 11.3 Å². The number of hydrogen-bond acceptors (Lipinski definition) is 5. The molecule has 0 radical (unpaired) electrons. The molecule has 3 aromatic rings. The van der Waals surface area contributed by atoms with Gasteiger partial charge in [-0.15, -0.1) is 11.3 Å². The van der Waals surface area contributed by atoms with Gasteiger partial charge in [-0.1, -0.05) is 12.1 Å². The smallest absolute Gasteiger partial charge is 0.270 e. The number of anilines is 1. The maximum Gasteiger partial charge on any atom is 0.270 e. The molecule has 0 spiro atoms. The number of carbonyl (C=O) groups is 1. The molecule has 0 amide bonds. The van der Waals surface area contributed by atoms with Crippen LogP contribution in [0.3, 0.4) is 0 Å². The normalized spacial score (nSPS) is 21.9. The number of thiophene rings is 1. The molecule has 2 atom stereocenters. The highest BCUT2D eigenvalue weighted by molar-refractivity contribution is 7.10. The summed E-state index contributed by atoms with van der Waals surface area (Å²) in [4.78, 5) is 30.9. The summed E-state index contributed by atoms with van der Waals surface area (Å²) in [6.07, 6.45) is 4.65. The van der Waals surface area contributed by atoms with Gasteiger partial charge in [0.2, 0.25) is 0 Å². The van der Waals surface area contributed by atoms with Crippen LogP contribution in [-0.4, -0.2) is 21.0 Å². The van der Waals surface area contributed by atoms with Crippen molar-refractivity contribution in [3.63, 3.8) is 0 Å². The van der Waals surface area contributed by atoms with Gasteiger partial charge in [-0.3, -0.25) is 24.8 Å². The molecule has 2 aliphatic rings. The van der Waals surface area contributed by atoms with Crippen LogP contribution in [-0.2, 0) is 4.79 Å². The van der Waals surface area contributed by atoms with E-state index in [0.717, 1.165) is 17.7 Å². The van der Waals surface area contributed by atoms with Gasteiger partial charge < -0.3 is 5.32 Å². The summed E-state index contributed by atoms with van der Waals surface area (Å²) < 4.78 is 0. The van der Waals surface area contributed by atoms with Crippen LogP contribution in [0.5, 0.6) is 0 Å². The number of pyridine rings is 1. The highest BCUT2D eigenvalue weighted by Gasteiger charge is 2.40. The zero-order valence-corrected chi connectivity index (χ0v) is 14.6. The fourth-order valence-corrected chi connectivity index (χ4v) is 4.86. The Balaban J connectivity index is 1.66. The van der Waals surface area contributed by atoms with Crippen molar-refractivity contribution in [3.05, 3.63) is 79.7 Å². The molecule has 7 heteroatoms. The Bertz CT molecular complexity index is 1060. The number of nitrogens with one attached hydrogen (secondary N) is 3. The van der Waals surface area contributed by atoms with Gasteiger partial charge in [0.1, 0.15) is 5.82 Å². The quantitative estimate of drug-likeness (QED) is 0.652. The number of fused-ring (bicyclic) bond motifs is 1. The number of carbonyl (C=O) groups excluding carboxylic acids is 1. The maximum atomic E-state index is 13.1. The first-order valence-corrected chi connectivity index (χ1v) is 9.37. The molecule has 1 aliphatic heterocycles. The van der Waals surface area contributed by atoms with Crippen molar-refractivity contribution >= 4 is 22.9 Å². The van der Waals surface area contributed by atoms with Crippen LogP contribution in [0.1, 0.15) is 40.7 Å². The Morgan fingerprint density at radius 1 is 1.12 bits per heavy atom. The second kappa shape index (κ2) is 5.81. The number of H-pyrrole nitrogens is 2. The van der Waals surface area contributed by atoms with Gasteiger partial charge in [0.15, 0.2) is 5.78 Å². The van der Waals surface area contributed by atoms with Gasteiger partial charge in [0, 0.05) is 46.8 Å². The number of hydrogen-bond donors (Lipinski definition) is 3. The first-order chi connectivity index (χ1) is 12.7. The minimum Gasteiger partial charge on any atom is -0.343 e. The van der Waals surface area contributed by atoms with Crippen molar-refractivity contribution in [2.24, 2.45) is 0 Å². The second-order valence-corrected chi connectivity index (χ2v) is 7.63. The number of allylic oxidation sites excluding steroid dienone is 2. The van der Waals surface area contributed by atoms with Crippen LogP contribution in [0.4, 0.5) is 5.82 Å². The van der Waals surface area contributed by atoms with E-state index < -0.39 is 0 Å². The lowest BCUT2D eigenvalue weighted by Gasteiger charge is -2.34. The van der Waals surface area contributed by atoms with E-state index in [9.17, 15) is 9.59 Å². The molecule has 0 aromatic carbocycles. The molecule has 130 valence electrons. The van der Waals surface area contributed by atoms with Crippen molar-refractivity contribution in [3.8, 4) is 0 Å². The van der Waals surface area contributed by atoms with Crippen molar-refractivity contribution < 1.29 is 4.79 Å². The van der Waals surface area contributed by atoms with Crippen molar-refractivity contribution in [2.75, 3.05) is 5.32 Å². The van der Waals surface area contributed by atoms with Crippen molar-refractivity contribution in [1.82, 2.24) is 15.2 Å². The molecule has 0 fully saturated rings. The van der Waals surface area contributed by atoms with Gasteiger partial charge in [-0.2, -0.15) is 0 Å². The van der Waals surface area contributed by atoms with Crippen LogP contribution in [0.2, 0.25) is 0 Å². The van der Waals surface area contributed by atoms with Crippen LogP contribution < -0.4 is 10.9 Å². The Kier molecular flexibility index (Phi) is 3.43. The summed E-state index contributed by atoms with van der Waals surface area (Å²) >= 11 is 1.68. The molecule has 6 nitrogen and oxygen atoms in total. The van der Waals surface area contributed by atoms with E-state index in [1.54, 1.807) is 23.7 Å². The monoisotopic (exact) mass is 364 g/mol. The molecular formula is C19H16N4O2S. The van der Waals surface area contributed by atoms with E-state index >= 15 is 0 Å². The third-order valence-electron chi connectivity index (χ3n) is 5.14. The Hall–Kier alpha value is -2.93. The summed E-state index contributed by atoms with van der Waals surface area (Å²) in [5.74, 6) is 0.525. The number of ketones is 1. The standard InChI is InChI=1S/C19H16N4O2S/c24-13-8-11(14-4-2-6-26-14)7-12-16(13)15(10-3-1-5-20-9-10)17-18(21-12)22-23-19(17)25/h1-6,9,11,15H,7-8H2,(H3,21,22,23,25). The predicted molar refractivity (Wildman–Crippen MR) is 99.4 cm³/mol. The van der Waals surface area contributed by atoms with Crippen LogP contribution in [0, 0.1) is 0 Å². The van der Waals surface area contributed by atoms with Crippen molar-refractivity contribution in [1.29, 1.82) is 0 Å². The van der Waals surface area contributed by atoms with Gasteiger partial charge in [0.25, 0.3) is 5.56 Å². The molecule has 5 rings (SSSR count). The Morgan fingerprint density at radius 2 is 2.04 bits per heavy atom. The van der Waals surface area contributed by atoms with E-state index in [0.29, 0.717) is 23.4 Å². The van der Waals surface area contributed by atoms with Gasteiger partial charge in [-0.05, 0) is 29.5 Å². The lowest BCUT2D eigenvalue weighted by atomic mass is 9.74. The van der Waals surface area contributed by atoms with Crippen LogP contribution in [0.15, 0.2) is 58.1 Å². The fraction of sp³-hybridized carbons (Fsp3) is 0.211. The highest BCUT2D eigenvalue weighted by Crippen LogP contribution is 2.46. The van der Waals surface area contributed by atoms with Crippen molar-refractivity contribution in [2.45, 2.75) is 24.7 Å². The van der Waals surface area contributed by atoms with Gasteiger partial charge >= 0.3 is 0 Å². The van der Waals surface area contributed by atoms with E-state index in [-0.39, 0.29) is 23.2 Å². The first-order valence-electron chi connectivity index (χ1n) is 8.49. The van der Waals surface area contributed by atoms with E-state index in [1.807, 2.05) is 23.6 Å². The molecule has 0 saturated carbocycles. The summed E-state index contributed by atoms with van der Waals surface area (Å²) in [6.45, 7) is 0. The topological polar surface area (TPSA) is 90.6 Å². The molecule has 26 heavy (non-hydrogen) atoms. The predicted octanol–water partition coefficient (Wildman–Crippen LogP) is 3.12. The summed E-state index contributed by atoms with van der Waals surface area (Å²) in [5, 5.41) is 10.9. The third kappa shape index (κ3) is 2.28. The van der Waals surface area contributed by atoms with Gasteiger partial charge in [0.05, 0.1) is 5.56 Å². The number of nitrogens with zero attached hydrogens (tertiary/aromatic N) is 1. The molecule has 3 aromatic heterocycles. The minimum absolute atomic E-state index is 0.0947. The molecule has 0 saturated heterocycles. The fourth-order valence-electron chi connectivity index (χ4n) is 4.03. The molecule has 0 bridgehead atoms. The molecular weight excluding hydrogens is 348 g/mol. The van der Waals surface area contributed by atoms with E-state index in [1.165, 1.54) is 4.88 Å². The lowest BCUT2D eigenvalue weighted by molar-refractivity contribution is -0.116. The maximum absolute atomic E-state index is 13.1. The minimum atomic E-state index is -0.387. The molecule has 3 N–H and O–H groups in total. The number of Topliss-reactive ketones (excluding diaryl/α,β-unsaturated/α-hetero) is 1. The summed E-state index contributed by atoms with van der Waals surface area (Å²) in [7, 11) is 0. The SMILES string of the molecule is O=C1CC(c2cccs2)CC2=C1C(c1cccnc1)c1c([nH][nH]c1=O)N2. The first kappa shape index (κ1) is 15.3. The zero-order chi connectivity index (χ0) is 17.7. The third-order valence-corrected chi connectivity index (χ3v) is 6.17. The number of rotatable bonds is 2. The molecule has 1 aliphatic carbocycles. The number of aromatic nitrogens is 3. The Morgan fingerprint density at radius 3 is 2.81 bits per heavy atom. The largest absolute Gasteiger partial charge is 0.343 e. The molecule has 2 unspecified atom stereocenters. The van der Waals surface area contributed by atoms with Gasteiger partial charge in [-0.25, -0.2) is 0 Å². The van der Waals surface area contributed by atoms with E-state index in [2.05, 4.69) is 26.6 Å². The Labute approximate surface area is 153 Å². The van der Waals surface area contributed by atoms with Crippen LogP contribution in [0.25, 0.3) is 0 Å².